The molecular weight excluding hydrogens is 212 g/mol. The summed E-state index contributed by atoms with van der Waals surface area (Å²) in [5.41, 5.74) is 1.79. The monoisotopic (exact) mass is 236 g/mol. The van der Waals surface area contributed by atoms with Crippen LogP contribution in [0.4, 0.5) is 0 Å². The molecule has 2 heteroatoms. The number of carbonyl (C=O) groups is 1. The highest BCUT2D eigenvalue weighted by Crippen LogP contribution is 2.28. The van der Waals surface area contributed by atoms with Gasteiger partial charge in [-0.25, -0.2) is 4.79 Å². The molecule has 2 atom stereocenters. The van der Waals surface area contributed by atoms with Gasteiger partial charge in [0, 0.05) is 5.57 Å². The molecule has 1 rings (SSSR count). The predicted octanol–water partition coefficient (Wildman–Crippen LogP) is 4.18. The summed E-state index contributed by atoms with van der Waals surface area (Å²) in [7, 11) is 0. The molecule has 0 saturated carbocycles. The van der Waals surface area contributed by atoms with E-state index in [1.165, 1.54) is 12.0 Å². The van der Waals surface area contributed by atoms with E-state index < -0.39 is 5.97 Å². The van der Waals surface area contributed by atoms with Crippen LogP contribution in [0, 0.1) is 11.8 Å². The van der Waals surface area contributed by atoms with E-state index in [0.717, 1.165) is 32.1 Å². The first kappa shape index (κ1) is 14.0. The summed E-state index contributed by atoms with van der Waals surface area (Å²) in [5.74, 6) is -0.000935. The number of allylic oxidation sites excluding steroid dienone is 2. The second-order valence-electron chi connectivity index (χ2n) is 5.38. The molecule has 1 aliphatic rings. The number of hydrogen-bond acceptors (Lipinski definition) is 1. The van der Waals surface area contributed by atoms with Crippen LogP contribution in [0.3, 0.4) is 0 Å². The maximum absolute atomic E-state index is 11.0. The number of carboxylic acid groups (broad SMARTS) is 1. The summed E-state index contributed by atoms with van der Waals surface area (Å²) < 4.78 is 0. The lowest BCUT2D eigenvalue weighted by Gasteiger charge is -2.21. The van der Waals surface area contributed by atoms with Crippen LogP contribution in [0.15, 0.2) is 23.8 Å². The summed E-state index contributed by atoms with van der Waals surface area (Å²) in [6, 6.07) is 0. The highest BCUT2D eigenvalue weighted by Gasteiger charge is 2.19. The van der Waals surface area contributed by atoms with Gasteiger partial charge in [-0.2, -0.15) is 0 Å². The molecule has 1 N–H and O–H groups in total. The smallest absolute Gasteiger partial charge is 0.331 e. The Kier molecular flexibility index (Phi) is 5.46. The molecule has 0 aromatic rings. The van der Waals surface area contributed by atoms with Crippen LogP contribution >= 0.6 is 0 Å². The van der Waals surface area contributed by atoms with E-state index in [-0.39, 0.29) is 5.92 Å². The minimum Gasteiger partial charge on any atom is -0.478 e. The van der Waals surface area contributed by atoms with Gasteiger partial charge in [0.05, 0.1) is 0 Å². The van der Waals surface area contributed by atoms with Crippen molar-refractivity contribution in [3.8, 4) is 0 Å². The molecule has 0 spiro atoms. The Balaban J connectivity index is 2.69. The zero-order chi connectivity index (χ0) is 12.8. The first-order valence-electron chi connectivity index (χ1n) is 6.58. The molecule has 0 heterocycles. The lowest BCUT2D eigenvalue weighted by Crippen LogP contribution is -2.14. The molecule has 0 aromatic heterocycles. The Labute approximate surface area is 104 Å². The summed E-state index contributed by atoms with van der Waals surface area (Å²) in [4.78, 5) is 11.0. The van der Waals surface area contributed by atoms with Gasteiger partial charge in [0.2, 0.25) is 0 Å². The van der Waals surface area contributed by atoms with Gasteiger partial charge in [-0.1, -0.05) is 31.6 Å². The fourth-order valence-corrected chi connectivity index (χ4v) is 2.42. The van der Waals surface area contributed by atoms with Crippen molar-refractivity contribution in [1.29, 1.82) is 0 Å². The van der Waals surface area contributed by atoms with Gasteiger partial charge < -0.3 is 5.11 Å². The molecule has 0 fully saturated rings. The topological polar surface area (TPSA) is 37.3 Å². The van der Waals surface area contributed by atoms with Crippen LogP contribution in [0.1, 0.15) is 52.4 Å². The van der Waals surface area contributed by atoms with E-state index in [4.69, 9.17) is 5.11 Å². The third-order valence-electron chi connectivity index (χ3n) is 3.81. The predicted molar refractivity (Wildman–Crippen MR) is 70.9 cm³/mol. The molecule has 1 aliphatic carbocycles. The van der Waals surface area contributed by atoms with E-state index in [9.17, 15) is 4.79 Å². The van der Waals surface area contributed by atoms with Gasteiger partial charge in [-0.3, -0.25) is 0 Å². The minimum absolute atomic E-state index is 0.149. The van der Waals surface area contributed by atoms with Crippen LogP contribution in [-0.4, -0.2) is 11.1 Å². The fourth-order valence-electron chi connectivity index (χ4n) is 2.42. The van der Waals surface area contributed by atoms with Crippen molar-refractivity contribution in [1.82, 2.24) is 0 Å². The third-order valence-corrected chi connectivity index (χ3v) is 3.81. The number of rotatable bonds is 2. The first-order valence-corrected chi connectivity index (χ1v) is 6.58. The molecule has 0 saturated heterocycles. The normalized spacial score (nSPS) is 30.1. The summed E-state index contributed by atoms with van der Waals surface area (Å²) in [5, 5.41) is 9.04. The third kappa shape index (κ3) is 4.76. The molecule has 0 aromatic carbocycles. The average Bonchev–Trinajstić information content (AvgIpc) is 2.28. The average molecular weight is 236 g/mol. The summed E-state index contributed by atoms with van der Waals surface area (Å²) >= 11 is 0. The van der Waals surface area contributed by atoms with E-state index in [0.29, 0.717) is 11.5 Å². The van der Waals surface area contributed by atoms with Crippen molar-refractivity contribution in [3.05, 3.63) is 23.8 Å². The Morgan fingerprint density at radius 1 is 1.35 bits per heavy atom. The molecule has 0 radical (unpaired) electrons. The number of carboxylic acids is 1. The van der Waals surface area contributed by atoms with Crippen molar-refractivity contribution in [3.63, 3.8) is 0 Å². The molecular formula is C15H24O2. The molecule has 0 bridgehead atoms. The largest absolute Gasteiger partial charge is 0.478 e. The van der Waals surface area contributed by atoms with Gasteiger partial charge in [0.1, 0.15) is 0 Å². The molecule has 2 nitrogen and oxygen atoms in total. The Hall–Kier alpha value is -1.05. The quantitative estimate of drug-likeness (QED) is 0.577. The van der Waals surface area contributed by atoms with Crippen molar-refractivity contribution in [2.24, 2.45) is 11.8 Å². The lowest BCUT2D eigenvalue weighted by molar-refractivity contribution is -0.133. The van der Waals surface area contributed by atoms with Gasteiger partial charge in [0.25, 0.3) is 0 Å². The first-order chi connectivity index (χ1) is 8.00. The van der Waals surface area contributed by atoms with E-state index in [2.05, 4.69) is 26.5 Å². The van der Waals surface area contributed by atoms with Crippen molar-refractivity contribution in [2.45, 2.75) is 52.4 Å². The second kappa shape index (κ2) is 6.63. The zero-order valence-corrected chi connectivity index (χ0v) is 11.0. The van der Waals surface area contributed by atoms with Crippen LogP contribution in [0.25, 0.3) is 0 Å². The maximum atomic E-state index is 11.0. The summed E-state index contributed by atoms with van der Waals surface area (Å²) in [6.45, 7) is 8.14. The van der Waals surface area contributed by atoms with Gasteiger partial charge in [0.15, 0.2) is 0 Å². The van der Waals surface area contributed by atoms with Crippen molar-refractivity contribution >= 4 is 5.97 Å². The highest BCUT2D eigenvalue weighted by molar-refractivity contribution is 5.86. The Morgan fingerprint density at radius 3 is 2.71 bits per heavy atom. The van der Waals surface area contributed by atoms with Crippen molar-refractivity contribution in [2.75, 3.05) is 0 Å². The lowest BCUT2D eigenvalue weighted by atomic mass is 9.84. The van der Waals surface area contributed by atoms with Crippen LogP contribution in [0.2, 0.25) is 0 Å². The van der Waals surface area contributed by atoms with Crippen LogP contribution in [0.5, 0.6) is 0 Å². The molecule has 0 amide bonds. The Bertz CT molecular complexity index is 315. The molecule has 96 valence electrons. The Morgan fingerprint density at radius 2 is 2.06 bits per heavy atom. The van der Waals surface area contributed by atoms with E-state index >= 15 is 0 Å². The standard InChI is InChI=1S/C15H24O2/c1-11-5-4-6-12(2)8-10-14(9-7-11)13(3)15(16)17/h5,12,14H,3-4,6-10H2,1-2H3,(H,16,17)/b11-5+/t12-,14?/m0/s1. The second-order valence-corrected chi connectivity index (χ2v) is 5.38. The fraction of sp³-hybridized carbons (Fsp3) is 0.667. The summed E-state index contributed by atoms with van der Waals surface area (Å²) in [6.07, 6.45) is 8.71. The van der Waals surface area contributed by atoms with E-state index in [1.807, 2.05) is 0 Å². The number of aliphatic carboxylic acids is 1. The minimum atomic E-state index is -0.832. The van der Waals surface area contributed by atoms with Crippen LogP contribution in [-0.2, 0) is 4.79 Å². The SMILES string of the molecule is C=C(C(=O)O)C1CC/C(C)=C/CC[C@H](C)CC1. The molecule has 17 heavy (non-hydrogen) atoms. The molecule has 0 aliphatic heterocycles. The molecule has 1 unspecified atom stereocenters. The van der Waals surface area contributed by atoms with Crippen molar-refractivity contribution < 1.29 is 9.90 Å². The number of hydrogen-bond donors (Lipinski definition) is 1. The van der Waals surface area contributed by atoms with E-state index in [1.54, 1.807) is 0 Å². The highest BCUT2D eigenvalue weighted by atomic mass is 16.4. The van der Waals surface area contributed by atoms with Crippen LogP contribution < -0.4 is 0 Å². The van der Waals surface area contributed by atoms with Gasteiger partial charge in [-0.15, -0.1) is 0 Å². The zero-order valence-electron chi connectivity index (χ0n) is 11.0. The van der Waals surface area contributed by atoms with Gasteiger partial charge >= 0.3 is 5.97 Å². The van der Waals surface area contributed by atoms with Gasteiger partial charge in [-0.05, 0) is 50.9 Å². The maximum Gasteiger partial charge on any atom is 0.331 e.